The van der Waals surface area contributed by atoms with Crippen molar-refractivity contribution in [2.75, 3.05) is 39.5 Å². The first-order valence-corrected chi connectivity index (χ1v) is 12.2. The minimum Gasteiger partial charge on any atom is -0.379 e. The Morgan fingerprint density at radius 3 is 2.72 bits per heavy atom. The van der Waals surface area contributed by atoms with Crippen LogP contribution in [0.2, 0.25) is 0 Å². The molecule has 1 N–H and O–H groups in total. The maximum absolute atomic E-state index is 12.3. The van der Waals surface area contributed by atoms with E-state index >= 15 is 0 Å². The van der Waals surface area contributed by atoms with Crippen LogP contribution < -0.4 is 5.32 Å². The zero-order chi connectivity index (χ0) is 20.1. The molecule has 4 aliphatic rings. The van der Waals surface area contributed by atoms with Crippen LogP contribution in [0.1, 0.15) is 54.8 Å². The molecule has 4 heterocycles. The number of rotatable bonds is 5. The maximum Gasteiger partial charge on any atom is 0.230 e. The van der Waals surface area contributed by atoms with E-state index in [0.29, 0.717) is 19.3 Å². The number of nitrogens with zero attached hydrogens (tertiary/aromatic N) is 1. The minimum absolute atomic E-state index is 0.0234. The van der Waals surface area contributed by atoms with E-state index in [1.165, 1.54) is 17.0 Å². The molecule has 1 spiro atoms. The Morgan fingerprint density at radius 2 is 2.07 bits per heavy atom. The number of hydrogen-bond acceptors (Lipinski definition) is 5. The summed E-state index contributed by atoms with van der Waals surface area (Å²) in [5.41, 5.74) is 1.19. The third-order valence-electron chi connectivity index (χ3n) is 7.55. The monoisotopic (exact) mass is 418 g/mol. The Morgan fingerprint density at radius 1 is 1.31 bits per heavy atom. The van der Waals surface area contributed by atoms with Crippen molar-refractivity contribution in [1.29, 1.82) is 0 Å². The van der Waals surface area contributed by atoms with Crippen molar-refractivity contribution >= 4 is 17.2 Å². The summed E-state index contributed by atoms with van der Waals surface area (Å²) in [6, 6.07) is 2.80. The van der Waals surface area contributed by atoms with E-state index in [9.17, 15) is 4.79 Å². The van der Waals surface area contributed by atoms with Gasteiger partial charge in [0.1, 0.15) is 0 Å². The van der Waals surface area contributed by atoms with Gasteiger partial charge < -0.3 is 19.7 Å². The highest BCUT2D eigenvalue weighted by Crippen LogP contribution is 2.45. The lowest BCUT2D eigenvalue weighted by atomic mass is 9.77. The molecule has 1 saturated carbocycles. The van der Waals surface area contributed by atoms with Gasteiger partial charge >= 0.3 is 0 Å². The Labute approximate surface area is 178 Å². The van der Waals surface area contributed by atoms with Crippen molar-refractivity contribution in [1.82, 2.24) is 10.2 Å². The SMILES string of the molecule is CCc1cc2c(s1)CCOC21CCN(CC2CC(NC(=O)C3(C)COC3)C2)CC1. The molecule has 0 radical (unpaired) electrons. The van der Waals surface area contributed by atoms with Crippen LogP contribution in [0.5, 0.6) is 0 Å². The van der Waals surface area contributed by atoms with Crippen LogP contribution in [-0.2, 0) is 32.7 Å². The number of likely N-dealkylation sites (tertiary alicyclic amines) is 1. The quantitative estimate of drug-likeness (QED) is 0.798. The number of hydrogen-bond donors (Lipinski definition) is 1. The lowest BCUT2D eigenvalue weighted by molar-refractivity contribution is -0.159. The summed E-state index contributed by atoms with van der Waals surface area (Å²) in [4.78, 5) is 18.0. The summed E-state index contributed by atoms with van der Waals surface area (Å²) >= 11 is 2.00. The smallest absolute Gasteiger partial charge is 0.230 e. The van der Waals surface area contributed by atoms with Crippen molar-refractivity contribution in [3.63, 3.8) is 0 Å². The molecule has 5 rings (SSSR count). The van der Waals surface area contributed by atoms with Gasteiger partial charge in [-0.1, -0.05) is 6.92 Å². The van der Waals surface area contributed by atoms with Crippen LogP contribution >= 0.6 is 11.3 Å². The third-order valence-corrected chi connectivity index (χ3v) is 8.89. The normalized spacial score (nSPS) is 30.3. The highest BCUT2D eigenvalue weighted by molar-refractivity contribution is 7.12. The van der Waals surface area contributed by atoms with E-state index in [0.717, 1.165) is 64.1 Å². The second-order valence-electron chi connectivity index (χ2n) is 9.86. The molecule has 3 fully saturated rings. The van der Waals surface area contributed by atoms with Gasteiger partial charge in [-0.25, -0.2) is 0 Å². The fraction of sp³-hybridized carbons (Fsp3) is 0.783. The van der Waals surface area contributed by atoms with E-state index in [-0.39, 0.29) is 16.9 Å². The number of carbonyl (C=O) groups is 1. The fourth-order valence-electron chi connectivity index (χ4n) is 5.42. The van der Waals surface area contributed by atoms with Crippen LogP contribution in [-0.4, -0.2) is 56.3 Å². The first kappa shape index (κ1) is 20.0. The fourth-order valence-corrected chi connectivity index (χ4v) is 6.60. The number of nitrogens with one attached hydrogen (secondary N) is 1. The maximum atomic E-state index is 12.3. The molecule has 1 amide bonds. The summed E-state index contributed by atoms with van der Waals surface area (Å²) < 4.78 is 11.6. The van der Waals surface area contributed by atoms with Gasteiger partial charge in [-0.2, -0.15) is 0 Å². The molecule has 1 aromatic rings. The Kier molecular flexibility index (Phi) is 5.26. The second-order valence-corrected chi connectivity index (χ2v) is 11.1. The Bertz CT molecular complexity index is 758. The second kappa shape index (κ2) is 7.63. The zero-order valence-electron chi connectivity index (χ0n) is 17.8. The summed E-state index contributed by atoms with van der Waals surface area (Å²) in [6.45, 7) is 9.68. The molecule has 1 aromatic heterocycles. The Balaban J connectivity index is 1.10. The first-order chi connectivity index (χ1) is 14.0. The highest BCUT2D eigenvalue weighted by Gasteiger charge is 2.45. The lowest BCUT2D eigenvalue weighted by Crippen LogP contribution is -2.57. The van der Waals surface area contributed by atoms with E-state index in [1.54, 1.807) is 4.88 Å². The van der Waals surface area contributed by atoms with Gasteiger partial charge in [0.25, 0.3) is 0 Å². The van der Waals surface area contributed by atoms with Gasteiger partial charge in [0.15, 0.2) is 0 Å². The van der Waals surface area contributed by atoms with Gasteiger partial charge in [-0.15, -0.1) is 11.3 Å². The minimum atomic E-state index is -0.287. The van der Waals surface area contributed by atoms with Crippen LogP contribution in [0.3, 0.4) is 0 Å². The molecule has 0 atom stereocenters. The number of aryl methyl sites for hydroxylation is 1. The first-order valence-electron chi connectivity index (χ1n) is 11.4. The van der Waals surface area contributed by atoms with Gasteiger partial charge in [0, 0.05) is 41.9 Å². The number of piperidine rings is 1. The standard InChI is InChI=1S/C23H34N2O3S/c1-3-18-12-19-20(29-18)4-9-28-23(19)5-7-25(8-6-23)13-16-10-17(11-16)24-21(26)22(2)14-27-15-22/h12,16-17H,3-11,13-15H2,1-2H3,(H,24,26). The van der Waals surface area contributed by atoms with Crippen molar-refractivity contribution in [3.05, 3.63) is 21.4 Å². The third kappa shape index (κ3) is 3.67. The summed E-state index contributed by atoms with van der Waals surface area (Å²) in [5.74, 6) is 0.898. The molecule has 160 valence electrons. The summed E-state index contributed by atoms with van der Waals surface area (Å²) in [5, 5.41) is 3.24. The number of thiophene rings is 1. The zero-order valence-corrected chi connectivity index (χ0v) is 18.6. The molecule has 2 saturated heterocycles. The summed E-state index contributed by atoms with van der Waals surface area (Å²) in [7, 11) is 0. The van der Waals surface area contributed by atoms with E-state index in [4.69, 9.17) is 9.47 Å². The van der Waals surface area contributed by atoms with Crippen molar-refractivity contribution < 1.29 is 14.3 Å². The molecule has 0 unspecified atom stereocenters. The number of carbonyl (C=O) groups excluding carboxylic acids is 1. The number of ether oxygens (including phenoxy) is 2. The number of fused-ring (bicyclic) bond motifs is 2. The van der Waals surface area contributed by atoms with E-state index in [1.807, 2.05) is 18.3 Å². The van der Waals surface area contributed by atoms with Crippen molar-refractivity contribution in [3.8, 4) is 0 Å². The van der Waals surface area contributed by atoms with Gasteiger partial charge in [0.2, 0.25) is 5.91 Å². The molecular weight excluding hydrogens is 384 g/mol. The molecule has 3 aliphatic heterocycles. The van der Waals surface area contributed by atoms with E-state index < -0.39 is 0 Å². The van der Waals surface area contributed by atoms with E-state index in [2.05, 4.69) is 23.2 Å². The van der Waals surface area contributed by atoms with Crippen LogP contribution in [0, 0.1) is 11.3 Å². The molecule has 0 bridgehead atoms. The average Bonchev–Trinajstić information content (AvgIpc) is 3.11. The Hall–Kier alpha value is -0.950. The molecule has 5 nitrogen and oxygen atoms in total. The molecule has 0 aromatic carbocycles. The molecular formula is C23H34N2O3S. The highest BCUT2D eigenvalue weighted by atomic mass is 32.1. The van der Waals surface area contributed by atoms with Gasteiger partial charge in [0.05, 0.1) is 30.8 Å². The van der Waals surface area contributed by atoms with Gasteiger partial charge in [-0.3, -0.25) is 4.79 Å². The average molecular weight is 419 g/mol. The predicted molar refractivity (Wildman–Crippen MR) is 114 cm³/mol. The van der Waals surface area contributed by atoms with Crippen LogP contribution in [0.15, 0.2) is 6.07 Å². The predicted octanol–water partition coefficient (Wildman–Crippen LogP) is 3.11. The van der Waals surface area contributed by atoms with Gasteiger partial charge in [-0.05, 0) is 56.6 Å². The number of amides is 1. The lowest BCUT2D eigenvalue weighted by Gasteiger charge is -2.46. The summed E-state index contributed by atoms with van der Waals surface area (Å²) in [6.07, 6.45) is 6.69. The topological polar surface area (TPSA) is 50.8 Å². The van der Waals surface area contributed by atoms with Crippen LogP contribution in [0.4, 0.5) is 0 Å². The van der Waals surface area contributed by atoms with Crippen molar-refractivity contribution in [2.24, 2.45) is 11.3 Å². The largest absolute Gasteiger partial charge is 0.379 e. The molecule has 29 heavy (non-hydrogen) atoms. The van der Waals surface area contributed by atoms with Crippen LogP contribution in [0.25, 0.3) is 0 Å². The molecule has 1 aliphatic carbocycles. The van der Waals surface area contributed by atoms with Crippen molar-refractivity contribution in [2.45, 2.75) is 64.0 Å². The molecule has 6 heteroatoms.